The maximum atomic E-state index is 12.5. The molecule has 2 aromatic carbocycles. The van der Waals surface area contributed by atoms with Crippen LogP contribution in [0.15, 0.2) is 48.0 Å². The third kappa shape index (κ3) is 5.60. The van der Waals surface area contributed by atoms with Crippen molar-refractivity contribution >= 4 is 17.5 Å². The second-order valence-corrected chi connectivity index (χ2v) is 9.49. The molecule has 0 unspecified atom stereocenters. The van der Waals surface area contributed by atoms with Crippen LogP contribution in [0.4, 0.5) is 0 Å². The topological polar surface area (TPSA) is 87.0 Å². The SMILES string of the molecule is C=C(N=C(OC)c1ccc(OC(C)C)c(C#N)c1)c1cccc2c1CC[C@@H]2NCC(=O)N1CCCC1. The van der Waals surface area contributed by atoms with Gasteiger partial charge >= 0.3 is 0 Å². The molecule has 1 fully saturated rings. The molecule has 1 heterocycles. The van der Waals surface area contributed by atoms with Crippen LogP contribution in [0.25, 0.3) is 5.70 Å². The predicted molar refractivity (Wildman–Crippen MR) is 141 cm³/mol. The van der Waals surface area contributed by atoms with E-state index in [2.05, 4.69) is 24.0 Å². The van der Waals surface area contributed by atoms with Crippen LogP contribution in [0.5, 0.6) is 5.75 Å². The lowest BCUT2D eigenvalue weighted by atomic mass is 10.0. The van der Waals surface area contributed by atoms with Crippen molar-refractivity contribution in [1.82, 2.24) is 10.2 Å². The van der Waals surface area contributed by atoms with Crippen LogP contribution >= 0.6 is 0 Å². The maximum Gasteiger partial charge on any atom is 0.236 e. The summed E-state index contributed by atoms with van der Waals surface area (Å²) < 4.78 is 11.3. The number of hydrogen-bond acceptors (Lipinski definition) is 6. The van der Waals surface area contributed by atoms with Crippen molar-refractivity contribution in [2.45, 2.75) is 51.7 Å². The molecule has 1 aliphatic heterocycles. The highest BCUT2D eigenvalue weighted by Gasteiger charge is 2.27. The van der Waals surface area contributed by atoms with Gasteiger partial charge in [-0.05, 0) is 68.9 Å². The molecular weight excluding hydrogens is 452 g/mol. The van der Waals surface area contributed by atoms with Gasteiger partial charge in [0.15, 0.2) is 0 Å². The normalized spacial score (nSPS) is 17.1. The van der Waals surface area contributed by atoms with Gasteiger partial charge in [0.2, 0.25) is 11.8 Å². The van der Waals surface area contributed by atoms with Crippen LogP contribution < -0.4 is 10.1 Å². The number of nitriles is 1. The molecule has 0 saturated carbocycles. The number of benzene rings is 2. The number of methoxy groups -OCH3 is 1. The van der Waals surface area contributed by atoms with Gasteiger partial charge in [0, 0.05) is 30.3 Å². The lowest BCUT2D eigenvalue weighted by molar-refractivity contribution is -0.129. The summed E-state index contributed by atoms with van der Waals surface area (Å²) in [4.78, 5) is 19.1. The quantitative estimate of drug-likeness (QED) is 0.435. The number of likely N-dealkylation sites (tertiary alicyclic amines) is 1. The van der Waals surface area contributed by atoms with Gasteiger partial charge in [-0.1, -0.05) is 24.8 Å². The Morgan fingerprint density at radius 1 is 1.28 bits per heavy atom. The van der Waals surface area contributed by atoms with E-state index in [0.29, 0.717) is 35.0 Å². The molecule has 7 nitrogen and oxygen atoms in total. The van der Waals surface area contributed by atoms with E-state index in [1.165, 1.54) is 11.1 Å². The number of nitrogens with zero attached hydrogens (tertiary/aromatic N) is 3. The van der Waals surface area contributed by atoms with Crippen LogP contribution in [0.1, 0.15) is 67.0 Å². The smallest absolute Gasteiger partial charge is 0.236 e. The van der Waals surface area contributed by atoms with Crippen molar-refractivity contribution in [3.8, 4) is 11.8 Å². The number of rotatable bonds is 8. The van der Waals surface area contributed by atoms with Gasteiger partial charge in [-0.3, -0.25) is 4.79 Å². The van der Waals surface area contributed by atoms with Gasteiger partial charge < -0.3 is 19.7 Å². The molecule has 2 aliphatic rings. The summed E-state index contributed by atoms with van der Waals surface area (Å²) in [5, 5.41) is 13.0. The molecule has 36 heavy (non-hydrogen) atoms. The van der Waals surface area contributed by atoms with Crippen LogP contribution in [-0.2, 0) is 16.0 Å². The van der Waals surface area contributed by atoms with Crippen molar-refractivity contribution in [3.63, 3.8) is 0 Å². The fraction of sp³-hybridized carbons (Fsp3) is 0.414. The molecule has 7 heteroatoms. The number of carbonyl (C=O) groups excluding carboxylic acids is 1. The predicted octanol–water partition coefficient (Wildman–Crippen LogP) is 4.61. The van der Waals surface area contributed by atoms with E-state index >= 15 is 0 Å². The monoisotopic (exact) mass is 486 g/mol. The maximum absolute atomic E-state index is 12.5. The minimum absolute atomic E-state index is 0.0323. The standard InChI is InChI=1S/C29H34N4O3/c1-19(2)36-27-13-10-21(16-22(27)17-30)29(35-4)32-20(3)23-8-7-9-25-24(23)11-12-26(25)31-18-28(34)33-14-5-6-15-33/h7-10,13,16,19,26,31H,3,5-6,11-12,14-15,18H2,1-2,4H3/t26-/m0/s1. The van der Waals surface area contributed by atoms with Crippen molar-refractivity contribution < 1.29 is 14.3 Å². The molecule has 4 rings (SSSR count). The van der Waals surface area contributed by atoms with Gasteiger partial charge in [-0.25, -0.2) is 4.99 Å². The molecular formula is C29H34N4O3. The molecule has 1 aliphatic carbocycles. The first-order valence-electron chi connectivity index (χ1n) is 12.6. The summed E-state index contributed by atoms with van der Waals surface area (Å²) in [6, 6.07) is 13.8. The van der Waals surface area contributed by atoms with Crippen molar-refractivity contribution in [3.05, 3.63) is 70.8 Å². The first kappa shape index (κ1) is 25.5. The summed E-state index contributed by atoms with van der Waals surface area (Å²) in [5.41, 5.74) is 5.06. The number of aliphatic imine (C=N–C) groups is 1. The van der Waals surface area contributed by atoms with Gasteiger partial charge in [0.1, 0.15) is 11.8 Å². The Labute approximate surface area is 213 Å². The Balaban J connectivity index is 1.52. The summed E-state index contributed by atoms with van der Waals surface area (Å²) in [6.07, 6.45) is 3.98. The van der Waals surface area contributed by atoms with Gasteiger partial charge in [-0.15, -0.1) is 0 Å². The molecule has 1 atom stereocenters. The Morgan fingerprint density at radius 3 is 2.75 bits per heavy atom. The van der Waals surface area contributed by atoms with Crippen molar-refractivity contribution in [2.24, 2.45) is 4.99 Å². The average Bonchev–Trinajstić information content (AvgIpc) is 3.56. The van der Waals surface area contributed by atoms with E-state index in [0.717, 1.165) is 44.3 Å². The molecule has 1 N–H and O–H groups in total. The molecule has 0 radical (unpaired) electrons. The zero-order valence-corrected chi connectivity index (χ0v) is 21.3. The number of carbonyl (C=O) groups is 1. The van der Waals surface area contributed by atoms with Gasteiger partial charge in [0.05, 0.1) is 31.0 Å². The Bertz CT molecular complexity index is 1210. The van der Waals surface area contributed by atoms with E-state index in [-0.39, 0.29) is 18.1 Å². The average molecular weight is 487 g/mol. The van der Waals surface area contributed by atoms with Crippen LogP contribution in [-0.4, -0.2) is 49.6 Å². The Morgan fingerprint density at radius 2 is 2.06 bits per heavy atom. The van der Waals surface area contributed by atoms with Crippen molar-refractivity contribution in [1.29, 1.82) is 5.26 Å². The third-order valence-electron chi connectivity index (χ3n) is 6.68. The lowest BCUT2D eigenvalue weighted by Crippen LogP contribution is -2.37. The molecule has 2 aromatic rings. The van der Waals surface area contributed by atoms with Crippen LogP contribution in [0.2, 0.25) is 0 Å². The molecule has 0 aromatic heterocycles. The summed E-state index contributed by atoms with van der Waals surface area (Å²) in [5.74, 6) is 1.10. The first-order valence-corrected chi connectivity index (χ1v) is 12.6. The largest absolute Gasteiger partial charge is 0.490 e. The van der Waals surface area contributed by atoms with Crippen LogP contribution in [0.3, 0.4) is 0 Å². The van der Waals surface area contributed by atoms with E-state index < -0.39 is 0 Å². The molecule has 1 amide bonds. The Hall–Kier alpha value is -3.63. The number of nitrogens with one attached hydrogen (secondary N) is 1. The van der Waals surface area contributed by atoms with Gasteiger partial charge in [0.25, 0.3) is 0 Å². The fourth-order valence-corrected chi connectivity index (χ4v) is 4.94. The summed E-state index contributed by atoms with van der Waals surface area (Å²) in [7, 11) is 1.56. The zero-order valence-electron chi connectivity index (χ0n) is 21.3. The van der Waals surface area contributed by atoms with E-state index in [9.17, 15) is 10.1 Å². The van der Waals surface area contributed by atoms with E-state index in [4.69, 9.17) is 14.5 Å². The summed E-state index contributed by atoms with van der Waals surface area (Å²) in [6.45, 7) is 10.2. The highest BCUT2D eigenvalue weighted by molar-refractivity contribution is 5.98. The minimum Gasteiger partial charge on any atom is -0.490 e. The van der Waals surface area contributed by atoms with Gasteiger partial charge in [-0.2, -0.15) is 5.26 Å². The highest BCUT2D eigenvalue weighted by Crippen LogP contribution is 2.36. The number of hydrogen-bond donors (Lipinski definition) is 1. The summed E-state index contributed by atoms with van der Waals surface area (Å²) >= 11 is 0. The second-order valence-electron chi connectivity index (χ2n) is 9.49. The Kier molecular flexibility index (Phi) is 8.07. The van der Waals surface area contributed by atoms with Crippen LogP contribution in [0, 0.1) is 11.3 Å². The fourth-order valence-electron chi connectivity index (χ4n) is 4.94. The first-order chi connectivity index (χ1) is 17.4. The molecule has 0 bridgehead atoms. The second kappa shape index (κ2) is 11.4. The number of amides is 1. The molecule has 0 spiro atoms. The number of ether oxygens (including phenoxy) is 2. The third-order valence-corrected chi connectivity index (χ3v) is 6.68. The van der Waals surface area contributed by atoms with Crippen molar-refractivity contribution in [2.75, 3.05) is 26.7 Å². The minimum atomic E-state index is -0.0323. The zero-order chi connectivity index (χ0) is 25.7. The molecule has 188 valence electrons. The number of fused-ring (bicyclic) bond motifs is 1. The molecule has 1 saturated heterocycles. The van der Waals surface area contributed by atoms with E-state index in [1.807, 2.05) is 36.9 Å². The highest BCUT2D eigenvalue weighted by atomic mass is 16.5. The van der Waals surface area contributed by atoms with E-state index in [1.54, 1.807) is 19.2 Å². The lowest BCUT2D eigenvalue weighted by Gasteiger charge is -2.19.